The summed E-state index contributed by atoms with van der Waals surface area (Å²) in [7, 11) is -3.90. The van der Waals surface area contributed by atoms with Crippen LogP contribution in [-0.2, 0) is 24.4 Å². The van der Waals surface area contributed by atoms with Gasteiger partial charge in [0, 0.05) is 27.1 Å². The highest BCUT2D eigenvalue weighted by Crippen LogP contribution is 2.54. The molecule has 3 heterocycles. The molecule has 0 aliphatic carbocycles. The number of hydrogen-bond donors (Lipinski definition) is 3. The molecule has 0 saturated carbocycles. The van der Waals surface area contributed by atoms with Gasteiger partial charge >= 0.3 is 4.87 Å². The van der Waals surface area contributed by atoms with Crippen LogP contribution in [0.1, 0.15) is 16.4 Å². The minimum Gasteiger partial charge on any atom is -0.483 e. The molecule has 3 amide bonds. The molecule has 1 fully saturated rings. The van der Waals surface area contributed by atoms with E-state index in [0.717, 1.165) is 40.1 Å². The molecule has 0 spiro atoms. The quantitative estimate of drug-likeness (QED) is 0.249. The summed E-state index contributed by atoms with van der Waals surface area (Å²) in [4.78, 5) is 56.5. The van der Waals surface area contributed by atoms with Crippen LogP contribution in [0.15, 0.2) is 81.4 Å². The van der Waals surface area contributed by atoms with Gasteiger partial charge in [0.15, 0.2) is 6.61 Å². The number of H-pyrrole nitrogens is 1. The lowest BCUT2D eigenvalue weighted by Gasteiger charge is -2.31. The van der Waals surface area contributed by atoms with Gasteiger partial charge in [0.2, 0.25) is 21.8 Å². The first kappa shape index (κ1) is 30.0. The number of thioether (sulfide) groups is 1. The van der Waals surface area contributed by atoms with Crippen LogP contribution in [0.25, 0.3) is 0 Å². The smallest absolute Gasteiger partial charge is 0.305 e. The molecule has 6 rings (SSSR count). The number of amides is 3. The molecule has 11 nitrogen and oxygen atoms in total. The summed E-state index contributed by atoms with van der Waals surface area (Å²) in [5, 5.41) is 7.51. The molecule has 44 heavy (non-hydrogen) atoms. The highest BCUT2D eigenvalue weighted by Gasteiger charge is 2.56. The van der Waals surface area contributed by atoms with Crippen molar-refractivity contribution in [1.29, 1.82) is 0 Å². The fourth-order valence-electron chi connectivity index (χ4n) is 5.16. The number of carbonyl (C=O) groups is 3. The standard InChI is InChI=1S/C28H20ClFN4O7S3/c29-13-1-10-19(41-12-20(35)32-15-4-8-17(9-5-15)44(31,39)40)18(11-13)21-22-24(42-25-23(21)43-28(38)33-25)27(37)34(26(22)36)16-6-2-14(30)3-7-16/h1-11,21-22,24H,12H2,(H,32,35)(H,33,38)(H2,31,39,40)/t21-,22?,24?/m1/s1. The first-order chi connectivity index (χ1) is 20.9. The Kier molecular flexibility index (Phi) is 7.83. The molecule has 0 radical (unpaired) electrons. The highest BCUT2D eigenvalue weighted by molar-refractivity contribution is 8.00. The fraction of sp³-hybridized carbons (Fsp3) is 0.143. The minimum absolute atomic E-state index is 0.120. The average molecular weight is 675 g/mol. The second-order valence-electron chi connectivity index (χ2n) is 9.83. The lowest BCUT2D eigenvalue weighted by molar-refractivity contribution is -0.122. The predicted molar refractivity (Wildman–Crippen MR) is 162 cm³/mol. The number of nitrogens with two attached hydrogens (primary N) is 1. The third-order valence-corrected chi connectivity index (χ3v) is 10.6. The molecule has 2 unspecified atom stereocenters. The molecule has 3 atom stereocenters. The van der Waals surface area contributed by atoms with Crippen molar-refractivity contribution in [3.63, 3.8) is 0 Å². The van der Waals surface area contributed by atoms with Gasteiger partial charge in [0.05, 0.1) is 21.5 Å². The number of benzene rings is 3. The Morgan fingerprint density at radius 1 is 1.05 bits per heavy atom. The number of hydrogen-bond acceptors (Lipinski definition) is 9. The minimum atomic E-state index is -3.90. The van der Waals surface area contributed by atoms with E-state index in [1.807, 2.05) is 0 Å². The topological polar surface area (TPSA) is 169 Å². The summed E-state index contributed by atoms with van der Waals surface area (Å²) in [5.74, 6) is -3.78. The molecule has 1 saturated heterocycles. The number of fused-ring (bicyclic) bond motifs is 2. The maximum atomic E-state index is 13.9. The van der Waals surface area contributed by atoms with Crippen molar-refractivity contribution in [3.8, 4) is 5.75 Å². The summed E-state index contributed by atoms with van der Waals surface area (Å²) in [6.07, 6.45) is 0. The van der Waals surface area contributed by atoms with Crippen LogP contribution < -0.4 is 25.0 Å². The van der Waals surface area contributed by atoms with Crippen molar-refractivity contribution in [2.75, 3.05) is 16.8 Å². The Morgan fingerprint density at radius 2 is 1.75 bits per heavy atom. The number of carbonyl (C=O) groups excluding carboxylic acids is 3. The molecule has 4 aromatic rings. The maximum Gasteiger partial charge on any atom is 0.305 e. The molecule has 4 N–H and O–H groups in total. The number of halogens is 2. The van der Waals surface area contributed by atoms with Crippen molar-refractivity contribution in [1.82, 2.24) is 4.98 Å². The van der Waals surface area contributed by atoms with E-state index < -0.39 is 57.3 Å². The third kappa shape index (κ3) is 5.64. The predicted octanol–water partition coefficient (Wildman–Crippen LogP) is 3.69. The summed E-state index contributed by atoms with van der Waals surface area (Å²) in [5.41, 5.74) is 0.896. The maximum absolute atomic E-state index is 13.9. The van der Waals surface area contributed by atoms with Crippen molar-refractivity contribution < 1.29 is 31.9 Å². The van der Waals surface area contributed by atoms with Crippen LogP contribution in [0.5, 0.6) is 5.75 Å². The van der Waals surface area contributed by atoms with Crippen LogP contribution in [-0.4, -0.2) is 43.0 Å². The van der Waals surface area contributed by atoms with Gasteiger partial charge in [-0.25, -0.2) is 22.8 Å². The lowest BCUT2D eigenvalue weighted by atomic mass is 9.82. The number of ether oxygens (including phenoxy) is 1. The van der Waals surface area contributed by atoms with E-state index in [0.29, 0.717) is 21.2 Å². The number of nitrogens with zero attached hydrogens (tertiary/aromatic N) is 1. The van der Waals surface area contributed by atoms with Crippen molar-refractivity contribution >= 4 is 73.8 Å². The SMILES string of the molecule is NS(=O)(=O)c1ccc(NC(=O)COc2ccc(Cl)cc2[C@H]2c3sc(=O)[nH]c3SC3C(=O)N(c4ccc(F)cc4)C(=O)C32)cc1. The van der Waals surface area contributed by atoms with Gasteiger partial charge in [0.25, 0.3) is 5.91 Å². The molecule has 2 aliphatic heterocycles. The molecule has 3 aromatic carbocycles. The number of anilines is 2. The van der Waals surface area contributed by atoms with Gasteiger partial charge in [-0.1, -0.05) is 34.7 Å². The van der Waals surface area contributed by atoms with Crippen molar-refractivity contribution in [2.45, 2.75) is 21.1 Å². The van der Waals surface area contributed by atoms with Crippen LogP contribution in [0.3, 0.4) is 0 Å². The zero-order valence-electron chi connectivity index (χ0n) is 22.2. The van der Waals surface area contributed by atoms with Gasteiger partial charge < -0.3 is 15.0 Å². The Hall–Kier alpha value is -4.02. The third-order valence-electron chi connectivity index (χ3n) is 7.04. The van der Waals surface area contributed by atoms with Crippen molar-refractivity contribution in [2.24, 2.45) is 11.1 Å². The monoisotopic (exact) mass is 674 g/mol. The van der Waals surface area contributed by atoms with E-state index in [-0.39, 0.29) is 26.2 Å². The fourth-order valence-corrected chi connectivity index (χ4v) is 8.36. The largest absolute Gasteiger partial charge is 0.483 e. The molecular weight excluding hydrogens is 655 g/mol. The number of sulfonamides is 1. The summed E-state index contributed by atoms with van der Waals surface area (Å²) < 4.78 is 42.5. The summed E-state index contributed by atoms with van der Waals surface area (Å²) in [6, 6.07) is 14.8. The Morgan fingerprint density at radius 3 is 2.43 bits per heavy atom. The Bertz CT molecular complexity index is 1980. The zero-order valence-corrected chi connectivity index (χ0v) is 25.4. The van der Waals surface area contributed by atoms with Crippen LogP contribution in [0, 0.1) is 11.7 Å². The molecule has 226 valence electrons. The molecule has 0 bridgehead atoms. The zero-order chi connectivity index (χ0) is 31.3. The van der Waals surface area contributed by atoms with E-state index in [1.54, 1.807) is 6.07 Å². The van der Waals surface area contributed by atoms with E-state index in [1.165, 1.54) is 48.5 Å². The van der Waals surface area contributed by atoms with E-state index >= 15 is 0 Å². The van der Waals surface area contributed by atoms with Crippen molar-refractivity contribution in [3.05, 3.63) is 97.7 Å². The number of rotatable bonds is 7. The Balaban J connectivity index is 1.32. The normalized spacial score (nSPS) is 19.4. The molecule has 2 aliphatic rings. The van der Waals surface area contributed by atoms with Gasteiger partial charge in [0.1, 0.15) is 16.8 Å². The lowest BCUT2D eigenvalue weighted by Crippen LogP contribution is -2.32. The van der Waals surface area contributed by atoms with Gasteiger partial charge in [-0.05, 0) is 66.7 Å². The number of aromatic nitrogens is 1. The average Bonchev–Trinajstić information content (AvgIpc) is 3.46. The summed E-state index contributed by atoms with van der Waals surface area (Å²) >= 11 is 8.35. The van der Waals surface area contributed by atoms with Gasteiger partial charge in [-0.3, -0.25) is 19.2 Å². The van der Waals surface area contributed by atoms with Crippen LogP contribution >= 0.6 is 34.7 Å². The number of nitrogens with one attached hydrogen (secondary N) is 2. The number of thiazole rings is 1. The number of aromatic amines is 1. The number of imide groups is 1. The number of primary sulfonamides is 1. The molecule has 1 aromatic heterocycles. The van der Waals surface area contributed by atoms with E-state index in [2.05, 4.69) is 10.3 Å². The molecule has 16 heteroatoms. The Labute approximate surface area is 262 Å². The van der Waals surface area contributed by atoms with E-state index in [9.17, 15) is 32.0 Å². The van der Waals surface area contributed by atoms with E-state index in [4.69, 9.17) is 21.5 Å². The summed E-state index contributed by atoms with van der Waals surface area (Å²) in [6.45, 7) is -0.480. The second-order valence-corrected chi connectivity index (χ2v) is 14.0. The van der Waals surface area contributed by atoms with Crippen LogP contribution in [0.2, 0.25) is 5.02 Å². The molecular formula is C28H20ClFN4O7S3. The first-order valence-corrected chi connectivity index (χ1v) is 16.4. The first-order valence-electron chi connectivity index (χ1n) is 12.8. The highest BCUT2D eigenvalue weighted by atomic mass is 35.5. The second kappa shape index (κ2) is 11.5. The van der Waals surface area contributed by atoms with Gasteiger partial charge in [-0.2, -0.15) is 0 Å². The van der Waals surface area contributed by atoms with Crippen LogP contribution in [0.4, 0.5) is 15.8 Å². The van der Waals surface area contributed by atoms with Gasteiger partial charge in [-0.15, -0.1) is 0 Å².